The topological polar surface area (TPSA) is 50.7 Å². The van der Waals surface area contributed by atoms with Gasteiger partial charge in [-0.1, -0.05) is 36.7 Å². The molecule has 0 aliphatic heterocycles. The molecule has 0 saturated carbocycles. The lowest BCUT2D eigenvalue weighted by atomic mass is 10.0. The van der Waals surface area contributed by atoms with Gasteiger partial charge in [-0.15, -0.1) is 0 Å². The van der Waals surface area contributed by atoms with Crippen molar-refractivity contribution in [3.63, 3.8) is 0 Å². The van der Waals surface area contributed by atoms with Gasteiger partial charge in [-0.05, 0) is 29.8 Å². The molecule has 3 aromatic rings. The highest BCUT2D eigenvalue weighted by molar-refractivity contribution is 7.09. The van der Waals surface area contributed by atoms with Crippen molar-refractivity contribution < 1.29 is 0 Å². The summed E-state index contributed by atoms with van der Waals surface area (Å²) in [6, 6.07) is 13.5. The fraction of sp³-hybridized carbons (Fsp3) is 0.188. The van der Waals surface area contributed by atoms with Gasteiger partial charge in [0.1, 0.15) is 5.82 Å². The zero-order chi connectivity index (χ0) is 15.4. The minimum absolute atomic E-state index is 0.113. The molecular weight excluding hydrogens is 316 g/mol. The van der Waals surface area contributed by atoms with Gasteiger partial charge in [0.05, 0.1) is 11.7 Å². The van der Waals surface area contributed by atoms with Gasteiger partial charge >= 0.3 is 0 Å². The number of pyridine rings is 1. The van der Waals surface area contributed by atoms with Gasteiger partial charge in [0.25, 0.3) is 0 Å². The van der Waals surface area contributed by atoms with Crippen molar-refractivity contribution in [1.29, 1.82) is 0 Å². The van der Waals surface area contributed by atoms with E-state index in [1.54, 1.807) is 6.20 Å². The van der Waals surface area contributed by atoms with Gasteiger partial charge in [0.2, 0.25) is 5.13 Å². The molecule has 0 spiro atoms. The molecule has 6 heteroatoms. The number of anilines is 1. The third-order valence-electron chi connectivity index (χ3n) is 3.22. The molecule has 0 radical (unpaired) electrons. The van der Waals surface area contributed by atoms with E-state index >= 15 is 0 Å². The Balaban J connectivity index is 1.96. The second-order valence-corrected chi connectivity index (χ2v) is 5.94. The summed E-state index contributed by atoms with van der Waals surface area (Å²) in [6.45, 7) is 2.04. The highest BCUT2D eigenvalue weighted by atomic mass is 35.5. The molecule has 2 heterocycles. The Bertz CT molecular complexity index is 745. The smallest absolute Gasteiger partial charge is 0.203 e. The molecule has 0 bridgehead atoms. The van der Waals surface area contributed by atoms with Gasteiger partial charge in [0, 0.05) is 29.2 Å². The Morgan fingerprint density at radius 2 is 2.14 bits per heavy atom. The molecule has 1 unspecified atom stereocenters. The summed E-state index contributed by atoms with van der Waals surface area (Å²) in [4.78, 5) is 8.94. The van der Waals surface area contributed by atoms with Crippen LogP contribution < -0.4 is 5.32 Å². The van der Waals surface area contributed by atoms with E-state index in [1.807, 2.05) is 49.4 Å². The van der Waals surface area contributed by atoms with Crippen LogP contribution in [0.3, 0.4) is 0 Å². The van der Waals surface area contributed by atoms with Crippen molar-refractivity contribution in [2.24, 2.45) is 0 Å². The van der Waals surface area contributed by atoms with Crippen LogP contribution in [0.15, 0.2) is 48.7 Å². The lowest BCUT2D eigenvalue weighted by Gasteiger charge is -2.18. The Labute approximate surface area is 138 Å². The van der Waals surface area contributed by atoms with E-state index in [-0.39, 0.29) is 6.04 Å². The third-order valence-corrected chi connectivity index (χ3v) is 4.14. The van der Waals surface area contributed by atoms with Crippen LogP contribution in [0, 0.1) is 0 Å². The maximum absolute atomic E-state index is 6.13. The zero-order valence-electron chi connectivity index (χ0n) is 12.0. The molecule has 0 aliphatic rings. The summed E-state index contributed by atoms with van der Waals surface area (Å²) in [5, 5.41) is 4.90. The first-order valence-electron chi connectivity index (χ1n) is 7.02. The van der Waals surface area contributed by atoms with E-state index in [4.69, 9.17) is 11.6 Å². The minimum atomic E-state index is -0.113. The maximum atomic E-state index is 6.13. The Hall–Kier alpha value is -1.98. The monoisotopic (exact) mass is 330 g/mol. The van der Waals surface area contributed by atoms with Crippen LogP contribution in [0.4, 0.5) is 5.13 Å². The molecule has 4 nitrogen and oxygen atoms in total. The second kappa shape index (κ2) is 6.85. The number of aryl methyl sites for hydroxylation is 1. The molecule has 0 saturated heterocycles. The number of hydrogen-bond acceptors (Lipinski definition) is 5. The second-order valence-electron chi connectivity index (χ2n) is 4.76. The number of nitrogens with one attached hydrogen (secondary N) is 1. The van der Waals surface area contributed by atoms with Gasteiger partial charge < -0.3 is 5.32 Å². The molecule has 0 amide bonds. The molecule has 0 fully saturated rings. The number of benzene rings is 1. The van der Waals surface area contributed by atoms with E-state index in [2.05, 4.69) is 19.7 Å². The van der Waals surface area contributed by atoms with E-state index in [0.717, 1.165) is 28.6 Å². The normalized spacial score (nSPS) is 12.1. The lowest BCUT2D eigenvalue weighted by molar-refractivity contribution is 0.879. The van der Waals surface area contributed by atoms with Gasteiger partial charge in [-0.3, -0.25) is 4.98 Å². The van der Waals surface area contributed by atoms with Crippen LogP contribution >= 0.6 is 23.1 Å². The van der Waals surface area contributed by atoms with Crippen molar-refractivity contribution in [3.05, 3.63) is 70.8 Å². The van der Waals surface area contributed by atoms with Gasteiger partial charge in [-0.25, -0.2) is 4.98 Å². The van der Waals surface area contributed by atoms with Crippen molar-refractivity contribution in [2.75, 3.05) is 5.32 Å². The molecule has 1 N–H and O–H groups in total. The van der Waals surface area contributed by atoms with Crippen LogP contribution in [-0.4, -0.2) is 14.3 Å². The van der Waals surface area contributed by atoms with Crippen molar-refractivity contribution in [3.8, 4) is 0 Å². The van der Waals surface area contributed by atoms with E-state index < -0.39 is 0 Å². The predicted molar refractivity (Wildman–Crippen MR) is 90.4 cm³/mol. The van der Waals surface area contributed by atoms with Crippen LogP contribution in [0.5, 0.6) is 0 Å². The number of nitrogens with zero attached hydrogens (tertiary/aromatic N) is 3. The van der Waals surface area contributed by atoms with Crippen LogP contribution in [0.2, 0.25) is 5.02 Å². The van der Waals surface area contributed by atoms with Crippen LogP contribution in [-0.2, 0) is 6.42 Å². The largest absolute Gasteiger partial charge is 0.348 e. The average molecular weight is 331 g/mol. The first-order valence-corrected chi connectivity index (χ1v) is 8.17. The first kappa shape index (κ1) is 14.9. The zero-order valence-corrected chi connectivity index (χ0v) is 13.6. The summed E-state index contributed by atoms with van der Waals surface area (Å²) in [7, 11) is 0. The van der Waals surface area contributed by atoms with Crippen molar-refractivity contribution >= 4 is 28.3 Å². The molecule has 3 rings (SSSR count). The summed E-state index contributed by atoms with van der Waals surface area (Å²) in [6.07, 6.45) is 2.61. The molecule has 1 atom stereocenters. The molecule has 1 aromatic carbocycles. The average Bonchev–Trinajstić information content (AvgIpc) is 3.01. The Kier molecular flexibility index (Phi) is 4.65. The van der Waals surface area contributed by atoms with Crippen LogP contribution in [0.25, 0.3) is 0 Å². The number of halogens is 1. The quantitative estimate of drug-likeness (QED) is 0.755. The standard InChI is InChI=1S/C16H15ClN4S/c1-2-14-19-16(22-21-14)20-15(13-8-3-4-9-18-13)11-6-5-7-12(17)10-11/h3-10,15H,2H2,1H3,(H,19,20,21). The summed E-state index contributed by atoms with van der Waals surface area (Å²) >= 11 is 7.50. The van der Waals surface area contributed by atoms with Gasteiger partial charge in [-0.2, -0.15) is 4.37 Å². The molecule has 112 valence electrons. The molecule has 22 heavy (non-hydrogen) atoms. The van der Waals surface area contributed by atoms with Gasteiger partial charge in [0.15, 0.2) is 0 Å². The highest BCUT2D eigenvalue weighted by Crippen LogP contribution is 2.27. The molecule has 0 aliphatic carbocycles. The van der Waals surface area contributed by atoms with E-state index in [1.165, 1.54) is 11.5 Å². The fourth-order valence-corrected chi connectivity index (χ4v) is 3.02. The van der Waals surface area contributed by atoms with Crippen molar-refractivity contribution in [1.82, 2.24) is 14.3 Å². The summed E-state index contributed by atoms with van der Waals surface area (Å²) in [5.74, 6) is 0.846. The first-order chi connectivity index (χ1) is 10.8. The molecular formula is C16H15ClN4S. The van der Waals surface area contributed by atoms with Crippen LogP contribution in [0.1, 0.15) is 30.0 Å². The predicted octanol–water partition coefficient (Wildman–Crippen LogP) is 4.35. The van der Waals surface area contributed by atoms with E-state index in [0.29, 0.717) is 5.02 Å². The number of hydrogen-bond donors (Lipinski definition) is 1. The fourth-order valence-electron chi connectivity index (χ4n) is 2.14. The molecule has 2 aromatic heterocycles. The summed E-state index contributed by atoms with van der Waals surface area (Å²) < 4.78 is 4.31. The minimum Gasteiger partial charge on any atom is -0.348 e. The highest BCUT2D eigenvalue weighted by Gasteiger charge is 2.17. The van der Waals surface area contributed by atoms with Crippen molar-refractivity contribution in [2.45, 2.75) is 19.4 Å². The number of rotatable bonds is 5. The Morgan fingerprint density at radius 3 is 2.82 bits per heavy atom. The SMILES string of the molecule is CCc1nsc(NC(c2cccc(Cl)c2)c2ccccn2)n1. The maximum Gasteiger partial charge on any atom is 0.203 e. The summed E-state index contributed by atoms with van der Waals surface area (Å²) in [5.41, 5.74) is 1.96. The number of aromatic nitrogens is 3. The Morgan fingerprint density at radius 1 is 1.23 bits per heavy atom. The lowest BCUT2D eigenvalue weighted by Crippen LogP contribution is -2.13. The van der Waals surface area contributed by atoms with E-state index in [9.17, 15) is 0 Å². The third kappa shape index (κ3) is 3.43.